The van der Waals surface area contributed by atoms with E-state index in [0.29, 0.717) is 6.42 Å². The van der Waals surface area contributed by atoms with E-state index in [1.807, 2.05) is 12.1 Å². The largest absolute Gasteiger partial charge is 0.319 e. The molecule has 2 rings (SSSR count). The third kappa shape index (κ3) is 2.01. The highest BCUT2D eigenvalue weighted by Crippen LogP contribution is 2.33. The molecular weight excluding hydrogens is 244 g/mol. The quantitative estimate of drug-likeness (QED) is 0.889. The molecule has 1 aromatic heterocycles. The molecule has 1 aromatic rings. The maximum Gasteiger partial charge on any atom is 0.158 e. The summed E-state index contributed by atoms with van der Waals surface area (Å²) in [4.78, 5) is 15.7. The first-order valence-electron chi connectivity index (χ1n) is 4.53. The lowest BCUT2D eigenvalue weighted by Gasteiger charge is -2.06. The fraction of sp³-hybridized carbons (Fsp3) is 0.400. The average Bonchev–Trinajstić information content (AvgIpc) is 2.89. The smallest absolute Gasteiger partial charge is 0.158 e. The molecule has 1 aliphatic rings. The van der Waals surface area contributed by atoms with Gasteiger partial charge in [0.25, 0.3) is 0 Å². The minimum atomic E-state index is -0.533. The number of rotatable bonds is 3. The number of ketones is 1. The van der Waals surface area contributed by atoms with Gasteiger partial charge in [0, 0.05) is 16.4 Å². The van der Waals surface area contributed by atoms with E-state index in [1.54, 1.807) is 6.20 Å². The van der Waals surface area contributed by atoms with Crippen LogP contribution in [0.3, 0.4) is 0 Å². The topological polar surface area (TPSA) is 56.0 Å². The maximum atomic E-state index is 11.6. The molecule has 0 aliphatic heterocycles. The maximum absolute atomic E-state index is 11.6. The van der Waals surface area contributed by atoms with Crippen molar-refractivity contribution in [2.45, 2.75) is 24.8 Å². The molecular formula is C10H11BrN2O. The number of nitrogens with two attached hydrogens (primary N) is 1. The van der Waals surface area contributed by atoms with E-state index in [9.17, 15) is 4.79 Å². The van der Waals surface area contributed by atoms with Crippen LogP contribution >= 0.6 is 15.9 Å². The van der Waals surface area contributed by atoms with Gasteiger partial charge in [-0.15, -0.1) is 0 Å². The van der Waals surface area contributed by atoms with Crippen molar-refractivity contribution in [3.8, 4) is 0 Å². The molecule has 0 bridgehead atoms. The lowest BCUT2D eigenvalue weighted by atomic mass is 10.1. The zero-order chi connectivity index (χ0) is 10.2. The summed E-state index contributed by atoms with van der Waals surface area (Å²) in [7, 11) is 0. The van der Waals surface area contributed by atoms with Gasteiger partial charge in [0.15, 0.2) is 5.78 Å². The number of hydrogen-bond donors (Lipinski definition) is 1. The minimum Gasteiger partial charge on any atom is -0.319 e. The molecule has 0 amide bonds. The molecule has 1 fully saturated rings. The van der Waals surface area contributed by atoms with Crippen LogP contribution in [-0.2, 0) is 11.2 Å². The van der Waals surface area contributed by atoms with Crippen molar-refractivity contribution in [3.05, 3.63) is 28.5 Å². The Hall–Kier alpha value is -0.740. The SMILES string of the molecule is NC1(C(=O)Cc2ccc(Br)cn2)CC1. The number of halogens is 1. The summed E-state index contributed by atoms with van der Waals surface area (Å²) in [6.07, 6.45) is 3.69. The zero-order valence-electron chi connectivity index (χ0n) is 7.66. The molecule has 14 heavy (non-hydrogen) atoms. The van der Waals surface area contributed by atoms with Gasteiger partial charge < -0.3 is 5.73 Å². The Morgan fingerprint density at radius 2 is 2.29 bits per heavy atom. The normalized spacial score (nSPS) is 17.9. The molecule has 1 heterocycles. The number of nitrogens with zero attached hydrogens (tertiary/aromatic N) is 1. The predicted octanol–water partition coefficient (Wildman–Crippen LogP) is 1.45. The first-order valence-corrected chi connectivity index (χ1v) is 5.32. The van der Waals surface area contributed by atoms with Crippen molar-refractivity contribution in [2.24, 2.45) is 5.73 Å². The van der Waals surface area contributed by atoms with Gasteiger partial charge in [-0.2, -0.15) is 0 Å². The number of aromatic nitrogens is 1. The van der Waals surface area contributed by atoms with Crippen LogP contribution < -0.4 is 5.73 Å². The summed E-state index contributed by atoms with van der Waals surface area (Å²) in [6, 6.07) is 3.72. The van der Waals surface area contributed by atoms with Crippen LogP contribution in [0.4, 0.5) is 0 Å². The first kappa shape index (κ1) is 9.80. The number of pyridine rings is 1. The Kier molecular flexibility index (Phi) is 2.41. The number of carbonyl (C=O) groups excluding carboxylic acids is 1. The Balaban J connectivity index is 2.04. The van der Waals surface area contributed by atoms with Crippen LogP contribution in [0, 0.1) is 0 Å². The summed E-state index contributed by atoms with van der Waals surface area (Å²) in [5.41, 5.74) is 6.04. The van der Waals surface area contributed by atoms with Crippen LogP contribution in [0.25, 0.3) is 0 Å². The highest BCUT2D eigenvalue weighted by atomic mass is 79.9. The summed E-state index contributed by atoms with van der Waals surface area (Å²) >= 11 is 3.29. The van der Waals surface area contributed by atoms with Gasteiger partial charge in [0.05, 0.1) is 12.0 Å². The Labute approximate surface area is 90.8 Å². The second-order valence-corrected chi connectivity index (χ2v) is 4.64. The second-order valence-electron chi connectivity index (χ2n) is 3.72. The van der Waals surface area contributed by atoms with E-state index in [0.717, 1.165) is 23.0 Å². The number of carbonyl (C=O) groups is 1. The Bertz CT molecular complexity index is 357. The van der Waals surface area contributed by atoms with Crippen LogP contribution in [0.1, 0.15) is 18.5 Å². The van der Waals surface area contributed by atoms with Crippen molar-refractivity contribution in [3.63, 3.8) is 0 Å². The molecule has 2 N–H and O–H groups in total. The van der Waals surface area contributed by atoms with E-state index in [1.165, 1.54) is 0 Å². The molecule has 0 aromatic carbocycles. The van der Waals surface area contributed by atoms with Crippen molar-refractivity contribution in [1.82, 2.24) is 4.98 Å². The molecule has 3 nitrogen and oxygen atoms in total. The van der Waals surface area contributed by atoms with Gasteiger partial charge in [-0.25, -0.2) is 0 Å². The lowest BCUT2D eigenvalue weighted by Crippen LogP contribution is -2.34. The third-order valence-electron chi connectivity index (χ3n) is 2.47. The minimum absolute atomic E-state index is 0.104. The van der Waals surface area contributed by atoms with E-state index in [2.05, 4.69) is 20.9 Å². The summed E-state index contributed by atoms with van der Waals surface area (Å²) < 4.78 is 0.919. The summed E-state index contributed by atoms with van der Waals surface area (Å²) in [5, 5.41) is 0. The van der Waals surface area contributed by atoms with E-state index in [-0.39, 0.29) is 5.78 Å². The van der Waals surface area contributed by atoms with Crippen molar-refractivity contribution in [2.75, 3.05) is 0 Å². The van der Waals surface area contributed by atoms with Crippen molar-refractivity contribution >= 4 is 21.7 Å². The molecule has 0 spiro atoms. The monoisotopic (exact) mass is 254 g/mol. The molecule has 4 heteroatoms. The van der Waals surface area contributed by atoms with Crippen LogP contribution in [-0.4, -0.2) is 16.3 Å². The second kappa shape index (κ2) is 3.44. The predicted molar refractivity (Wildman–Crippen MR) is 56.8 cm³/mol. The fourth-order valence-electron chi connectivity index (χ4n) is 1.27. The van der Waals surface area contributed by atoms with Gasteiger partial charge in [-0.1, -0.05) is 0 Å². The van der Waals surface area contributed by atoms with Gasteiger partial charge in [-0.05, 0) is 40.9 Å². The Morgan fingerprint density at radius 3 is 2.79 bits per heavy atom. The lowest BCUT2D eigenvalue weighted by molar-refractivity contribution is -0.120. The van der Waals surface area contributed by atoms with E-state index < -0.39 is 5.54 Å². The molecule has 0 atom stereocenters. The zero-order valence-corrected chi connectivity index (χ0v) is 9.25. The molecule has 74 valence electrons. The van der Waals surface area contributed by atoms with Crippen LogP contribution in [0.2, 0.25) is 0 Å². The first-order chi connectivity index (χ1) is 6.60. The molecule has 0 unspecified atom stereocenters. The van der Waals surface area contributed by atoms with Crippen molar-refractivity contribution in [1.29, 1.82) is 0 Å². The van der Waals surface area contributed by atoms with Gasteiger partial charge >= 0.3 is 0 Å². The van der Waals surface area contributed by atoms with Gasteiger partial charge in [-0.3, -0.25) is 9.78 Å². The number of Topliss-reactive ketones (excluding diaryl/α,β-unsaturated/α-hetero) is 1. The summed E-state index contributed by atoms with van der Waals surface area (Å²) in [6.45, 7) is 0. The Morgan fingerprint density at radius 1 is 1.57 bits per heavy atom. The fourth-order valence-corrected chi connectivity index (χ4v) is 1.50. The van der Waals surface area contributed by atoms with Crippen LogP contribution in [0.15, 0.2) is 22.8 Å². The number of hydrogen-bond acceptors (Lipinski definition) is 3. The third-order valence-corrected chi connectivity index (χ3v) is 2.94. The van der Waals surface area contributed by atoms with E-state index in [4.69, 9.17) is 5.73 Å². The molecule has 0 radical (unpaired) electrons. The molecule has 1 saturated carbocycles. The standard InChI is InChI=1S/C10H11BrN2O/c11-7-1-2-8(13-6-7)5-9(14)10(12)3-4-10/h1-2,6H,3-5,12H2. The molecule has 1 aliphatic carbocycles. The highest BCUT2D eigenvalue weighted by Gasteiger charge is 2.45. The van der Waals surface area contributed by atoms with E-state index >= 15 is 0 Å². The van der Waals surface area contributed by atoms with Crippen molar-refractivity contribution < 1.29 is 4.79 Å². The molecule has 0 saturated heterocycles. The highest BCUT2D eigenvalue weighted by molar-refractivity contribution is 9.10. The van der Waals surface area contributed by atoms with Gasteiger partial charge in [0.1, 0.15) is 0 Å². The van der Waals surface area contributed by atoms with Gasteiger partial charge in [0.2, 0.25) is 0 Å². The summed E-state index contributed by atoms with van der Waals surface area (Å²) in [5.74, 6) is 0.104. The average molecular weight is 255 g/mol. The van der Waals surface area contributed by atoms with Crippen LogP contribution in [0.5, 0.6) is 0 Å².